The van der Waals surface area contributed by atoms with Gasteiger partial charge in [0.15, 0.2) is 0 Å². The highest BCUT2D eigenvalue weighted by Crippen LogP contribution is 2.33. The number of likely N-dealkylation sites (N-methyl/N-ethyl adjacent to an activating group) is 1. The van der Waals surface area contributed by atoms with Crippen molar-refractivity contribution in [3.63, 3.8) is 0 Å². The Morgan fingerprint density at radius 1 is 0.882 bits per heavy atom. The van der Waals surface area contributed by atoms with E-state index in [1.165, 1.54) is 0 Å². The SMILES string of the molecule is CCN1/C(=C\C2=C([O-])C(=C/c3ccc4ccccc4[n+]3CC)/C(=O)C2=O)C=Cc2ccccc21. The number of pyridine rings is 1. The highest BCUT2D eigenvalue weighted by atomic mass is 16.3. The van der Waals surface area contributed by atoms with Crippen LogP contribution in [0.2, 0.25) is 0 Å². The number of ketones is 2. The maximum atomic E-state index is 13.3. The molecule has 1 aliphatic heterocycles. The lowest BCUT2D eigenvalue weighted by Gasteiger charge is -2.29. The molecule has 0 fully saturated rings. The summed E-state index contributed by atoms with van der Waals surface area (Å²) in [5.74, 6) is -2.03. The smallest absolute Gasteiger partial charge is 0.233 e. The highest BCUT2D eigenvalue weighted by molar-refractivity contribution is 6.54. The average molecular weight is 449 g/mol. The fraction of sp³-hybridized carbons (Fsp3) is 0.138. The average Bonchev–Trinajstić information content (AvgIpc) is 3.06. The zero-order chi connectivity index (χ0) is 23.8. The molecular weight excluding hydrogens is 424 g/mol. The van der Waals surface area contributed by atoms with Crippen LogP contribution in [0.3, 0.4) is 0 Å². The van der Waals surface area contributed by atoms with Crippen LogP contribution in [-0.2, 0) is 16.1 Å². The summed E-state index contributed by atoms with van der Waals surface area (Å²) >= 11 is 0. The number of carbonyl (C=O) groups is 2. The van der Waals surface area contributed by atoms with Gasteiger partial charge in [0.2, 0.25) is 22.8 Å². The van der Waals surface area contributed by atoms with Crippen LogP contribution in [0.1, 0.15) is 25.1 Å². The van der Waals surface area contributed by atoms with Gasteiger partial charge >= 0.3 is 0 Å². The number of anilines is 1. The topological polar surface area (TPSA) is 64.3 Å². The Labute approximate surface area is 198 Å². The summed E-state index contributed by atoms with van der Waals surface area (Å²) in [6.45, 7) is 5.33. The molecule has 0 amide bonds. The largest absolute Gasteiger partial charge is 0.871 e. The molecule has 34 heavy (non-hydrogen) atoms. The lowest BCUT2D eigenvalue weighted by molar-refractivity contribution is -0.669. The molecule has 5 heteroatoms. The number of para-hydroxylation sites is 2. The van der Waals surface area contributed by atoms with Crippen molar-refractivity contribution in [3.05, 3.63) is 107 Å². The highest BCUT2D eigenvalue weighted by Gasteiger charge is 2.32. The van der Waals surface area contributed by atoms with Gasteiger partial charge in [0.25, 0.3) is 0 Å². The minimum absolute atomic E-state index is 0.0856. The summed E-state index contributed by atoms with van der Waals surface area (Å²) < 4.78 is 2.03. The number of fused-ring (bicyclic) bond motifs is 2. The van der Waals surface area contributed by atoms with E-state index in [9.17, 15) is 14.7 Å². The zero-order valence-electron chi connectivity index (χ0n) is 19.1. The molecule has 0 atom stereocenters. The third-order valence-electron chi connectivity index (χ3n) is 6.35. The number of carbonyl (C=O) groups excluding carboxylic acids is 2. The fourth-order valence-corrected chi connectivity index (χ4v) is 4.67. The third kappa shape index (κ3) is 3.46. The quantitative estimate of drug-likeness (QED) is 0.347. The molecular formula is C29H24N2O3. The lowest BCUT2D eigenvalue weighted by Crippen LogP contribution is -2.36. The maximum absolute atomic E-state index is 13.3. The summed E-state index contributed by atoms with van der Waals surface area (Å²) in [5.41, 5.74) is 4.31. The van der Waals surface area contributed by atoms with E-state index in [-0.39, 0.29) is 11.1 Å². The molecule has 0 N–H and O–H groups in total. The second kappa shape index (κ2) is 8.60. The van der Waals surface area contributed by atoms with Crippen molar-refractivity contribution >= 4 is 40.3 Å². The van der Waals surface area contributed by atoms with Crippen molar-refractivity contribution in [1.29, 1.82) is 0 Å². The van der Waals surface area contributed by atoms with Gasteiger partial charge in [-0.15, -0.1) is 0 Å². The Bertz CT molecular complexity index is 1470. The first kappa shape index (κ1) is 21.6. The van der Waals surface area contributed by atoms with E-state index in [2.05, 4.69) is 0 Å². The number of Topliss-reactive ketones (excluding diaryl/α,β-unsaturated/α-hetero) is 2. The Morgan fingerprint density at radius 3 is 2.44 bits per heavy atom. The van der Waals surface area contributed by atoms with Crippen molar-refractivity contribution in [2.45, 2.75) is 20.4 Å². The van der Waals surface area contributed by atoms with E-state index in [0.29, 0.717) is 24.5 Å². The number of benzene rings is 2. The number of hydrogen-bond donors (Lipinski definition) is 0. The number of rotatable bonds is 4. The molecule has 5 rings (SSSR count). The molecule has 0 bridgehead atoms. The first-order valence-corrected chi connectivity index (χ1v) is 11.4. The Morgan fingerprint density at radius 2 is 1.65 bits per heavy atom. The number of hydrogen-bond acceptors (Lipinski definition) is 4. The number of nitrogens with zero attached hydrogens (tertiary/aromatic N) is 2. The molecule has 1 aliphatic carbocycles. The molecule has 2 aromatic carbocycles. The molecule has 168 valence electrons. The van der Waals surface area contributed by atoms with E-state index >= 15 is 0 Å². The molecule has 3 aromatic rings. The van der Waals surface area contributed by atoms with Crippen molar-refractivity contribution in [1.82, 2.24) is 0 Å². The molecule has 0 spiro atoms. The first-order chi connectivity index (χ1) is 16.5. The van der Waals surface area contributed by atoms with E-state index in [0.717, 1.165) is 22.2 Å². The van der Waals surface area contributed by atoms with Gasteiger partial charge in [-0.1, -0.05) is 42.2 Å². The predicted octanol–water partition coefficient (Wildman–Crippen LogP) is 3.73. The molecule has 2 heterocycles. The minimum Gasteiger partial charge on any atom is -0.871 e. The van der Waals surface area contributed by atoms with Crippen molar-refractivity contribution in [2.75, 3.05) is 11.4 Å². The second-order valence-corrected chi connectivity index (χ2v) is 8.23. The number of aromatic nitrogens is 1. The summed E-state index contributed by atoms with van der Waals surface area (Å²) in [7, 11) is 0. The van der Waals surface area contributed by atoms with Crippen LogP contribution >= 0.6 is 0 Å². The van der Waals surface area contributed by atoms with Crippen LogP contribution in [-0.4, -0.2) is 18.1 Å². The molecule has 0 saturated heterocycles. The van der Waals surface area contributed by atoms with E-state index in [4.69, 9.17) is 0 Å². The zero-order valence-corrected chi connectivity index (χ0v) is 19.1. The van der Waals surface area contributed by atoms with E-state index in [1.807, 2.05) is 96.1 Å². The van der Waals surface area contributed by atoms with E-state index in [1.54, 1.807) is 12.2 Å². The number of aryl methyl sites for hydroxylation is 1. The van der Waals surface area contributed by atoms with Crippen molar-refractivity contribution < 1.29 is 19.3 Å². The summed E-state index contributed by atoms with van der Waals surface area (Å²) in [4.78, 5) is 27.7. The minimum atomic E-state index is -0.754. The van der Waals surface area contributed by atoms with Gasteiger partial charge in [-0.25, -0.2) is 0 Å². The summed E-state index contributed by atoms with van der Waals surface area (Å²) in [6.07, 6.45) is 6.93. The molecule has 0 radical (unpaired) electrons. The Kier molecular flexibility index (Phi) is 5.46. The molecule has 0 saturated carbocycles. The normalized spacial score (nSPS) is 18.0. The van der Waals surface area contributed by atoms with Gasteiger partial charge < -0.3 is 10.0 Å². The monoisotopic (exact) mass is 448 g/mol. The van der Waals surface area contributed by atoms with Crippen molar-refractivity contribution in [2.24, 2.45) is 0 Å². The second-order valence-electron chi connectivity index (χ2n) is 8.23. The third-order valence-corrected chi connectivity index (χ3v) is 6.35. The molecule has 2 aliphatic rings. The predicted molar refractivity (Wildman–Crippen MR) is 131 cm³/mol. The maximum Gasteiger partial charge on any atom is 0.233 e. The first-order valence-electron chi connectivity index (χ1n) is 11.4. The summed E-state index contributed by atoms with van der Waals surface area (Å²) in [5, 5.41) is 14.3. The molecule has 1 aromatic heterocycles. The van der Waals surface area contributed by atoms with Crippen LogP contribution in [0.5, 0.6) is 0 Å². The van der Waals surface area contributed by atoms with Crippen LogP contribution in [0, 0.1) is 0 Å². The standard InChI is InChI=1S/C29H24N2O3/c1-3-30-21(15-13-19-9-5-7-11-25(19)30)17-23-27(32)24(29(34)28(23)33)18-22-16-14-20-10-6-8-12-26(20)31(22)4-2/h5-18H,3-4H2,1-2H3. The van der Waals surface area contributed by atoms with Gasteiger partial charge in [-0.2, -0.15) is 4.57 Å². The van der Waals surface area contributed by atoms with Crippen LogP contribution in [0.4, 0.5) is 5.69 Å². The fourth-order valence-electron chi connectivity index (χ4n) is 4.67. The van der Waals surface area contributed by atoms with Crippen LogP contribution < -0.4 is 14.6 Å². The van der Waals surface area contributed by atoms with Gasteiger partial charge in [0.1, 0.15) is 6.54 Å². The Balaban J connectivity index is 1.60. The van der Waals surface area contributed by atoms with Gasteiger partial charge in [-0.05, 0) is 49.8 Å². The lowest BCUT2D eigenvalue weighted by atomic mass is 10.0. The van der Waals surface area contributed by atoms with Gasteiger partial charge in [-0.3, -0.25) is 9.59 Å². The van der Waals surface area contributed by atoms with Crippen molar-refractivity contribution in [3.8, 4) is 0 Å². The number of allylic oxidation sites excluding steroid dienone is 4. The molecule has 0 unspecified atom stereocenters. The molecule has 5 nitrogen and oxygen atoms in total. The Hall–Kier alpha value is -4.25. The van der Waals surface area contributed by atoms with Crippen LogP contribution in [0.15, 0.2) is 95.4 Å². The van der Waals surface area contributed by atoms with Gasteiger partial charge in [0, 0.05) is 52.7 Å². The van der Waals surface area contributed by atoms with Crippen LogP contribution in [0.25, 0.3) is 23.1 Å². The summed E-state index contributed by atoms with van der Waals surface area (Å²) in [6, 6.07) is 19.7. The van der Waals surface area contributed by atoms with E-state index < -0.39 is 17.3 Å². The van der Waals surface area contributed by atoms with Gasteiger partial charge in [0.05, 0.1) is 0 Å².